The predicted octanol–water partition coefficient (Wildman–Crippen LogP) is 4.49. The molecule has 1 N–H and O–H groups in total. The molecule has 4 rings (SSSR count). The molecule has 0 saturated heterocycles. The Morgan fingerprint density at radius 3 is 2.43 bits per heavy atom. The van der Waals surface area contributed by atoms with Crippen molar-refractivity contribution in [2.75, 3.05) is 0 Å². The van der Waals surface area contributed by atoms with Gasteiger partial charge >= 0.3 is 5.97 Å². The van der Waals surface area contributed by atoms with E-state index < -0.39 is 5.97 Å². The third kappa shape index (κ3) is 3.07. The lowest BCUT2D eigenvalue weighted by atomic mass is 9.97. The van der Waals surface area contributed by atoms with Crippen molar-refractivity contribution in [3.63, 3.8) is 0 Å². The fourth-order valence-corrected chi connectivity index (χ4v) is 3.29. The minimum atomic E-state index is -0.978. The summed E-state index contributed by atoms with van der Waals surface area (Å²) in [5.41, 5.74) is 4.37. The number of ketones is 1. The highest BCUT2D eigenvalue weighted by Crippen LogP contribution is 2.25. The van der Waals surface area contributed by atoms with Crippen LogP contribution in [-0.2, 0) is 6.42 Å². The van der Waals surface area contributed by atoms with Gasteiger partial charge in [0, 0.05) is 11.8 Å². The summed E-state index contributed by atoms with van der Waals surface area (Å²) in [5, 5.41) is 9.38. The molecule has 0 unspecified atom stereocenters. The van der Waals surface area contributed by atoms with Gasteiger partial charge in [0.05, 0.1) is 17.0 Å². The molecule has 28 heavy (non-hydrogen) atoms. The van der Waals surface area contributed by atoms with Crippen LogP contribution in [0.2, 0.25) is 0 Å². The first-order valence-corrected chi connectivity index (χ1v) is 9.03. The van der Waals surface area contributed by atoms with Gasteiger partial charge in [0.1, 0.15) is 5.65 Å². The average molecular weight is 370 g/mol. The first-order chi connectivity index (χ1) is 13.6. The summed E-state index contributed by atoms with van der Waals surface area (Å²) >= 11 is 0. The van der Waals surface area contributed by atoms with E-state index in [0.29, 0.717) is 16.8 Å². The lowest BCUT2D eigenvalue weighted by Gasteiger charge is -2.08. The van der Waals surface area contributed by atoms with Gasteiger partial charge in [-0.15, -0.1) is 0 Å². The van der Waals surface area contributed by atoms with Gasteiger partial charge in [-0.2, -0.15) is 0 Å². The molecule has 0 aliphatic carbocycles. The van der Waals surface area contributed by atoms with Gasteiger partial charge < -0.3 is 5.11 Å². The Morgan fingerprint density at radius 2 is 1.71 bits per heavy atom. The summed E-state index contributed by atoms with van der Waals surface area (Å²) < 4.78 is 1.81. The van der Waals surface area contributed by atoms with E-state index in [2.05, 4.69) is 4.98 Å². The molecular weight excluding hydrogens is 352 g/mol. The van der Waals surface area contributed by atoms with Crippen molar-refractivity contribution in [2.24, 2.45) is 0 Å². The molecule has 0 atom stereocenters. The smallest absolute Gasteiger partial charge is 0.336 e. The van der Waals surface area contributed by atoms with Crippen LogP contribution in [0.25, 0.3) is 16.8 Å². The van der Waals surface area contributed by atoms with Gasteiger partial charge in [0.2, 0.25) is 5.78 Å². The van der Waals surface area contributed by atoms with Crippen molar-refractivity contribution < 1.29 is 14.7 Å². The van der Waals surface area contributed by atoms with Gasteiger partial charge in [-0.05, 0) is 35.7 Å². The summed E-state index contributed by atoms with van der Waals surface area (Å²) in [4.78, 5) is 29.0. The number of aromatic nitrogens is 2. The maximum absolute atomic E-state index is 13.0. The molecule has 0 fully saturated rings. The topological polar surface area (TPSA) is 71.7 Å². The number of pyridine rings is 1. The number of aromatic carboxylic acids is 1. The van der Waals surface area contributed by atoms with Crippen molar-refractivity contribution in [1.82, 2.24) is 9.38 Å². The van der Waals surface area contributed by atoms with Crippen LogP contribution in [0.1, 0.15) is 39.0 Å². The molecule has 5 nitrogen and oxygen atoms in total. The van der Waals surface area contributed by atoms with Gasteiger partial charge in [0.15, 0.2) is 0 Å². The zero-order valence-corrected chi connectivity index (χ0v) is 15.3. The highest BCUT2D eigenvalue weighted by Gasteiger charge is 2.15. The maximum atomic E-state index is 13.0. The van der Waals surface area contributed by atoms with Crippen molar-refractivity contribution >= 4 is 17.4 Å². The fraction of sp³-hybridized carbons (Fsp3) is 0.0870. The number of nitrogens with zero attached hydrogens (tertiary/aromatic N) is 2. The van der Waals surface area contributed by atoms with Gasteiger partial charge in [-0.3, -0.25) is 9.20 Å². The number of aryl methyl sites for hydroxylation is 1. The zero-order valence-electron chi connectivity index (χ0n) is 15.3. The number of fused-ring (bicyclic) bond motifs is 1. The van der Waals surface area contributed by atoms with E-state index in [0.717, 1.165) is 23.3 Å². The molecule has 138 valence electrons. The van der Waals surface area contributed by atoms with Gasteiger partial charge in [0.25, 0.3) is 0 Å². The van der Waals surface area contributed by atoms with Crippen LogP contribution in [0.5, 0.6) is 0 Å². The Hall–Kier alpha value is -3.73. The molecule has 0 aliphatic rings. The van der Waals surface area contributed by atoms with Gasteiger partial charge in [-0.25, -0.2) is 9.78 Å². The number of benzene rings is 2. The fourth-order valence-electron chi connectivity index (χ4n) is 3.29. The van der Waals surface area contributed by atoms with E-state index in [9.17, 15) is 14.7 Å². The van der Waals surface area contributed by atoms with E-state index in [1.54, 1.807) is 54.6 Å². The second-order valence-corrected chi connectivity index (χ2v) is 6.48. The number of hydrogen-bond acceptors (Lipinski definition) is 3. The molecule has 5 heteroatoms. The molecule has 2 heterocycles. The van der Waals surface area contributed by atoms with E-state index >= 15 is 0 Å². The summed E-state index contributed by atoms with van der Waals surface area (Å²) in [6, 6.07) is 19.3. The average Bonchev–Trinajstić information content (AvgIpc) is 3.17. The number of carboxylic acid groups (broad SMARTS) is 1. The van der Waals surface area contributed by atoms with Crippen molar-refractivity contribution in [3.8, 4) is 11.1 Å². The monoisotopic (exact) mass is 370 g/mol. The molecule has 0 aliphatic heterocycles. The van der Waals surface area contributed by atoms with Crippen LogP contribution in [0.4, 0.5) is 0 Å². The predicted molar refractivity (Wildman–Crippen MR) is 107 cm³/mol. The quantitative estimate of drug-likeness (QED) is 0.525. The van der Waals surface area contributed by atoms with Crippen molar-refractivity contribution in [3.05, 3.63) is 95.4 Å². The largest absolute Gasteiger partial charge is 0.478 e. The van der Waals surface area contributed by atoms with E-state index in [-0.39, 0.29) is 11.3 Å². The van der Waals surface area contributed by atoms with Crippen LogP contribution in [-0.4, -0.2) is 26.2 Å². The van der Waals surface area contributed by atoms with Gasteiger partial charge in [-0.1, -0.05) is 55.5 Å². The number of carbonyl (C=O) groups is 2. The Balaban J connectivity index is 1.71. The second kappa shape index (κ2) is 7.12. The Kier molecular flexibility index (Phi) is 4.49. The van der Waals surface area contributed by atoms with E-state index in [1.165, 1.54) is 0 Å². The molecule has 4 aromatic rings. The molecule has 0 spiro atoms. The Morgan fingerprint density at radius 1 is 0.964 bits per heavy atom. The second-order valence-electron chi connectivity index (χ2n) is 6.48. The highest BCUT2D eigenvalue weighted by atomic mass is 16.4. The first-order valence-electron chi connectivity index (χ1n) is 9.03. The van der Waals surface area contributed by atoms with Crippen LogP contribution < -0.4 is 0 Å². The van der Waals surface area contributed by atoms with Crippen LogP contribution in [0, 0.1) is 0 Å². The summed E-state index contributed by atoms with van der Waals surface area (Å²) in [5.74, 6) is -1.09. The Bertz CT molecular complexity index is 1190. The normalized spacial score (nSPS) is 10.9. The third-order valence-electron chi connectivity index (χ3n) is 4.75. The Labute approximate surface area is 161 Å². The highest BCUT2D eigenvalue weighted by molar-refractivity contribution is 6.08. The molecular formula is C23H18N2O3. The molecule has 2 aromatic heterocycles. The zero-order chi connectivity index (χ0) is 19.7. The minimum Gasteiger partial charge on any atom is -0.478 e. The molecule has 2 aromatic carbocycles. The van der Waals surface area contributed by atoms with E-state index in [1.807, 2.05) is 29.7 Å². The molecule has 0 saturated carbocycles. The molecule has 0 amide bonds. The number of imidazole rings is 1. The van der Waals surface area contributed by atoms with Crippen LogP contribution in [0.15, 0.2) is 72.9 Å². The lowest BCUT2D eigenvalue weighted by molar-refractivity contribution is 0.0697. The maximum Gasteiger partial charge on any atom is 0.336 e. The number of hydrogen-bond donors (Lipinski definition) is 1. The lowest BCUT2D eigenvalue weighted by Crippen LogP contribution is -2.07. The van der Waals surface area contributed by atoms with Crippen LogP contribution >= 0.6 is 0 Å². The molecule has 0 radical (unpaired) electrons. The summed E-state index contributed by atoms with van der Waals surface area (Å²) in [7, 11) is 0. The molecule has 0 bridgehead atoms. The first kappa shape index (κ1) is 17.7. The standard InChI is InChI=1S/C23H18N2O3/c1-2-17-14-25-20(8-5-9-21(25)24-17)22(26)16-12-10-15(11-13-16)18-6-3-4-7-19(18)23(27)28/h3-14H,2H2,1H3,(H,27,28). The van der Waals surface area contributed by atoms with Crippen molar-refractivity contribution in [2.45, 2.75) is 13.3 Å². The number of rotatable bonds is 5. The van der Waals surface area contributed by atoms with Crippen molar-refractivity contribution in [1.29, 1.82) is 0 Å². The SMILES string of the molecule is CCc1cn2c(C(=O)c3ccc(-c4ccccc4C(=O)O)cc3)cccc2n1. The minimum absolute atomic E-state index is 0.108. The van der Waals surface area contributed by atoms with Crippen LogP contribution in [0.3, 0.4) is 0 Å². The summed E-state index contributed by atoms with van der Waals surface area (Å²) in [6.45, 7) is 2.02. The number of carboxylic acids is 1. The third-order valence-corrected chi connectivity index (χ3v) is 4.75. The summed E-state index contributed by atoms with van der Waals surface area (Å²) in [6.07, 6.45) is 2.69. The number of carbonyl (C=O) groups excluding carboxylic acids is 1. The van der Waals surface area contributed by atoms with E-state index in [4.69, 9.17) is 0 Å².